The second-order valence-corrected chi connectivity index (χ2v) is 7.13. The van der Waals surface area contributed by atoms with Crippen LogP contribution in [0.25, 0.3) is 10.9 Å². The van der Waals surface area contributed by atoms with Gasteiger partial charge in [-0.2, -0.15) is 0 Å². The van der Waals surface area contributed by atoms with Gasteiger partial charge in [-0.15, -0.1) is 0 Å². The molecule has 4 aromatic rings. The number of para-hydroxylation sites is 2. The number of anilines is 3. The second kappa shape index (κ2) is 6.98. The minimum Gasteiger partial charge on any atom is -0.322 e. The highest BCUT2D eigenvalue weighted by molar-refractivity contribution is 6.06. The van der Waals surface area contributed by atoms with Crippen LogP contribution in [0.1, 0.15) is 23.0 Å². The first-order valence-electron chi connectivity index (χ1n) is 9.56. The molecule has 1 aliphatic rings. The maximum atomic E-state index is 13.2. The molecule has 1 atom stereocenters. The first kappa shape index (κ1) is 17.3. The van der Waals surface area contributed by atoms with E-state index in [0.717, 1.165) is 28.7 Å². The van der Waals surface area contributed by atoms with Gasteiger partial charge in [-0.05, 0) is 43.2 Å². The number of carbonyl (C=O) groups is 1. The van der Waals surface area contributed by atoms with Crippen molar-refractivity contribution in [2.24, 2.45) is 0 Å². The molecule has 0 spiro atoms. The number of carbonyl (C=O) groups excluding carboxylic acids is 1. The van der Waals surface area contributed by atoms with E-state index in [1.54, 1.807) is 18.5 Å². The van der Waals surface area contributed by atoms with Gasteiger partial charge >= 0.3 is 0 Å². The van der Waals surface area contributed by atoms with Crippen LogP contribution in [0.15, 0.2) is 73.1 Å². The minimum atomic E-state index is -0.121. The molecule has 3 heterocycles. The van der Waals surface area contributed by atoms with E-state index in [-0.39, 0.29) is 11.9 Å². The molecule has 2 aromatic heterocycles. The van der Waals surface area contributed by atoms with Crippen molar-refractivity contribution in [3.8, 4) is 0 Å². The molecule has 6 heteroatoms. The standard InChI is InChI=1S/C23H19N5O/c1-15-14-17-6-2-3-10-20(17)28(15)22(29)19-11-13-25-23(27-19)26-18-9-4-7-16-8-5-12-24-21(16)18/h2-13,15H,14H2,1H3,(H,25,26,27). The van der Waals surface area contributed by atoms with E-state index in [0.29, 0.717) is 11.6 Å². The Morgan fingerprint density at radius 3 is 2.79 bits per heavy atom. The Morgan fingerprint density at radius 1 is 1.00 bits per heavy atom. The zero-order valence-electron chi connectivity index (χ0n) is 15.9. The number of hydrogen-bond donors (Lipinski definition) is 1. The molecule has 5 rings (SSSR count). The normalized spacial score (nSPS) is 15.3. The van der Waals surface area contributed by atoms with E-state index in [1.807, 2.05) is 53.4 Å². The smallest absolute Gasteiger partial charge is 0.277 e. The van der Waals surface area contributed by atoms with E-state index in [2.05, 4.69) is 33.3 Å². The summed E-state index contributed by atoms with van der Waals surface area (Å²) < 4.78 is 0. The van der Waals surface area contributed by atoms with Crippen molar-refractivity contribution in [1.29, 1.82) is 0 Å². The van der Waals surface area contributed by atoms with E-state index in [1.165, 1.54) is 5.56 Å². The van der Waals surface area contributed by atoms with E-state index >= 15 is 0 Å². The first-order valence-corrected chi connectivity index (χ1v) is 9.56. The van der Waals surface area contributed by atoms with Crippen LogP contribution in [0.2, 0.25) is 0 Å². The molecule has 1 unspecified atom stereocenters. The molecule has 142 valence electrons. The average Bonchev–Trinajstić information content (AvgIpc) is 3.09. The Balaban J connectivity index is 1.46. The Morgan fingerprint density at radius 2 is 1.86 bits per heavy atom. The van der Waals surface area contributed by atoms with Crippen molar-refractivity contribution in [3.05, 3.63) is 84.3 Å². The van der Waals surface area contributed by atoms with Gasteiger partial charge in [-0.3, -0.25) is 9.78 Å². The highest BCUT2D eigenvalue weighted by Gasteiger charge is 2.32. The summed E-state index contributed by atoms with van der Waals surface area (Å²) in [5, 5.41) is 4.23. The molecule has 1 aliphatic heterocycles. The predicted molar refractivity (Wildman–Crippen MR) is 113 cm³/mol. The summed E-state index contributed by atoms with van der Waals surface area (Å²) in [6.07, 6.45) is 4.20. The predicted octanol–water partition coefficient (Wildman–Crippen LogP) is 4.36. The molecule has 2 aromatic carbocycles. The lowest BCUT2D eigenvalue weighted by Gasteiger charge is -2.22. The molecular weight excluding hydrogens is 362 g/mol. The molecule has 0 aliphatic carbocycles. The lowest BCUT2D eigenvalue weighted by Crippen LogP contribution is -2.36. The highest BCUT2D eigenvalue weighted by atomic mass is 16.2. The van der Waals surface area contributed by atoms with Crippen molar-refractivity contribution >= 4 is 34.1 Å². The molecule has 29 heavy (non-hydrogen) atoms. The van der Waals surface area contributed by atoms with Crippen molar-refractivity contribution in [3.63, 3.8) is 0 Å². The molecule has 0 bridgehead atoms. The number of pyridine rings is 1. The van der Waals surface area contributed by atoms with Crippen LogP contribution in [0, 0.1) is 0 Å². The molecule has 1 N–H and O–H groups in total. The van der Waals surface area contributed by atoms with Gasteiger partial charge in [0.1, 0.15) is 5.69 Å². The van der Waals surface area contributed by atoms with Crippen molar-refractivity contribution in [2.45, 2.75) is 19.4 Å². The van der Waals surface area contributed by atoms with E-state index in [4.69, 9.17) is 0 Å². The summed E-state index contributed by atoms with van der Waals surface area (Å²) in [5.74, 6) is 0.248. The number of hydrogen-bond acceptors (Lipinski definition) is 5. The van der Waals surface area contributed by atoms with Crippen LogP contribution in [0.5, 0.6) is 0 Å². The zero-order valence-corrected chi connectivity index (χ0v) is 15.9. The fourth-order valence-electron chi connectivity index (χ4n) is 3.86. The molecule has 6 nitrogen and oxygen atoms in total. The fraction of sp³-hybridized carbons (Fsp3) is 0.130. The Kier molecular flexibility index (Phi) is 4.17. The Bertz CT molecular complexity index is 1220. The van der Waals surface area contributed by atoms with Crippen molar-refractivity contribution < 1.29 is 4.79 Å². The molecule has 0 fully saturated rings. The Labute approximate surface area is 168 Å². The topological polar surface area (TPSA) is 71.0 Å². The fourth-order valence-corrected chi connectivity index (χ4v) is 3.86. The van der Waals surface area contributed by atoms with Gasteiger partial charge in [-0.1, -0.05) is 36.4 Å². The largest absolute Gasteiger partial charge is 0.322 e. The van der Waals surface area contributed by atoms with E-state index in [9.17, 15) is 4.79 Å². The number of fused-ring (bicyclic) bond motifs is 2. The van der Waals surface area contributed by atoms with Crippen LogP contribution >= 0.6 is 0 Å². The number of rotatable bonds is 3. The third-order valence-corrected chi connectivity index (χ3v) is 5.18. The van der Waals surface area contributed by atoms with Crippen LogP contribution in [-0.4, -0.2) is 26.9 Å². The SMILES string of the molecule is CC1Cc2ccccc2N1C(=O)c1ccnc(Nc2cccc3cccnc23)n1. The van der Waals surface area contributed by atoms with Crippen LogP contribution in [-0.2, 0) is 6.42 Å². The zero-order chi connectivity index (χ0) is 19.8. The maximum absolute atomic E-state index is 13.2. The lowest BCUT2D eigenvalue weighted by molar-refractivity contribution is 0.0976. The van der Waals surface area contributed by atoms with Gasteiger partial charge in [0.25, 0.3) is 5.91 Å². The molecule has 0 saturated carbocycles. The summed E-state index contributed by atoms with van der Waals surface area (Å²) in [5.41, 5.74) is 4.13. The van der Waals surface area contributed by atoms with Crippen molar-refractivity contribution in [2.75, 3.05) is 10.2 Å². The van der Waals surface area contributed by atoms with Gasteiger partial charge in [-0.25, -0.2) is 9.97 Å². The van der Waals surface area contributed by atoms with Gasteiger partial charge < -0.3 is 10.2 Å². The summed E-state index contributed by atoms with van der Waals surface area (Å²) in [7, 11) is 0. The molecule has 1 amide bonds. The van der Waals surface area contributed by atoms with Crippen molar-refractivity contribution in [1.82, 2.24) is 15.0 Å². The number of nitrogens with one attached hydrogen (secondary N) is 1. The van der Waals surface area contributed by atoms with Gasteiger partial charge in [0.2, 0.25) is 5.95 Å². The van der Waals surface area contributed by atoms with Crippen LogP contribution < -0.4 is 10.2 Å². The number of nitrogens with zero attached hydrogens (tertiary/aromatic N) is 4. The third-order valence-electron chi connectivity index (χ3n) is 5.18. The maximum Gasteiger partial charge on any atom is 0.277 e. The summed E-state index contributed by atoms with van der Waals surface area (Å²) >= 11 is 0. The summed E-state index contributed by atoms with van der Waals surface area (Å²) in [4.78, 5) is 28.3. The third kappa shape index (κ3) is 3.08. The molecular formula is C23H19N5O. The monoisotopic (exact) mass is 381 g/mol. The number of aromatic nitrogens is 3. The Hall–Kier alpha value is -3.80. The average molecular weight is 381 g/mol. The summed E-state index contributed by atoms with van der Waals surface area (Å²) in [6.45, 7) is 2.06. The van der Waals surface area contributed by atoms with Crippen LogP contribution in [0.3, 0.4) is 0 Å². The quantitative estimate of drug-likeness (QED) is 0.571. The second-order valence-electron chi connectivity index (χ2n) is 7.13. The van der Waals surface area contributed by atoms with Gasteiger partial charge in [0, 0.05) is 29.5 Å². The molecule has 0 saturated heterocycles. The first-order chi connectivity index (χ1) is 14.2. The van der Waals surface area contributed by atoms with Gasteiger partial charge in [0.15, 0.2) is 0 Å². The number of amides is 1. The van der Waals surface area contributed by atoms with E-state index < -0.39 is 0 Å². The summed E-state index contributed by atoms with van der Waals surface area (Å²) in [6, 6.07) is 19.5. The number of benzene rings is 2. The highest BCUT2D eigenvalue weighted by Crippen LogP contribution is 2.33. The lowest BCUT2D eigenvalue weighted by atomic mass is 10.1. The van der Waals surface area contributed by atoms with Crippen LogP contribution in [0.4, 0.5) is 17.3 Å². The van der Waals surface area contributed by atoms with Gasteiger partial charge in [0.05, 0.1) is 11.2 Å². The minimum absolute atomic E-state index is 0.0912. The molecule has 0 radical (unpaired) electrons.